The largest absolute Gasteiger partial charge is 0.507 e. The van der Waals surface area contributed by atoms with Gasteiger partial charge in [0.1, 0.15) is 11.5 Å². The SMILES string of the molecule is COCCN1C(=O)C(=O)/C(=C(/O)c2ccc(OC(C)C)cc2)C1c1ccncc1. The number of carbonyl (C=O) groups excluding carboxylic acids is 2. The van der Waals surface area contributed by atoms with Crippen LogP contribution < -0.4 is 4.74 Å². The summed E-state index contributed by atoms with van der Waals surface area (Å²) in [6.07, 6.45) is 3.19. The maximum atomic E-state index is 12.8. The van der Waals surface area contributed by atoms with Crippen molar-refractivity contribution in [2.24, 2.45) is 0 Å². The van der Waals surface area contributed by atoms with Crippen LogP contribution >= 0.6 is 0 Å². The highest BCUT2D eigenvalue weighted by molar-refractivity contribution is 6.46. The molecule has 7 nitrogen and oxygen atoms in total. The molecule has 1 fully saturated rings. The van der Waals surface area contributed by atoms with E-state index in [-0.39, 0.29) is 30.6 Å². The summed E-state index contributed by atoms with van der Waals surface area (Å²) in [7, 11) is 1.53. The number of hydrogen-bond acceptors (Lipinski definition) is 6. The Morgan fingerprint density at radius 3 is 2.38 bits per heavy atom. The number of aromatic nitrogens is 1. The molecule has 29 heavy (non-hydrogen) atoms. The van der Waals surface area contributed by atoms with Gasteiger partial charge in [-0.3, -0.25) is 14.6 Å². The molecule has 0 aliphatic carbocycles. The molecule has 7 heteroatoms. The van der Waals surface area contributed by atoms with E-state index in [9.17, 15) is 14.7 Å². The van der Waals surface area contributed by atoms with E-state index in [1.807, 2.05) is 13.8 Å². The highest BCUT2D eigenvalue weighted by Crippen LogP contribution is 2.39. The molecule has 1 N–H and O–H groups in total. The summed E-state index contributed by atoms with van der Waals surface area (Å²) < 4.78 is 10.7. The Morgan fingerprint density at radius 1 is 1.14 bits per heavy atom. The van der Waals surface area contributed by atoms with Crippen molar-refractivity contribution in [3.63, 3.8) is 0 Å². The van der Waals surface area contributed by atoms with Crippen LogP contribution in [0.25, 0.3) is 5.76 Å². The van der Waals surface area contributed by atoms with Crippen molar-refractivity contribution in [3.05, 3.63) is 65.5 Å². The Balaban J connectivity index is 2.05. The molecule has 3 rings (SSSR count). The molecule has 0 bridgehead atoms. The number of hydrogen-bond donors (Lipinski definition) is 1. The second-order valence-corrected chi connectivity index (χ2v) is 6.96. The zero-order valence-electron chi connectivity index (χ0n) is 16.7. The lowest BCUT2D eigenvalue weighted by Crippen LogP contribution is -2.32. The lowest BCUT2D eigenvalue weighted by molar-refractivity contribution is -0.140. The molecule has 1 unspecified atom stereocenters. The van der Waals surface area contributed by atoms with Gasteiger partial charge in [0.25, 0.3) is 11.7 Å². The van der Waals surface area contributed by atoms with E-state index in [1.54, 1.807) is 48.8 Å². The summed E-state index contributed by atoms with van der Waals surface area (Å²) in [5.41, 5.74) is 1.18. The molecule has 1 aromatic heterocycles. The fraction of sp³-hybridized carbons (Fsp3) is 0.318. The van der Waals surface area contributed by atoms with E-state index < -0.39 is 17.7 Å². The van der Waals surface area contributed by atoms with Crippen LogP contribution in [0.15, 0.2) is 54.4 Å². The number of aliphatic hydroxyl groups excluding tert-OH is 1. The normalized spacial score (nSPS) is 18.5. The van der Waals surface area contributed by atoms with Crippen LogP contribution in [0.5, 0.6) is 5.75 Å². The van der Waals surface area contributed by atoms with Crippen LogP contribution in [0, 0.1) is 0 Å². The van der Waals surface area contributed by atoms with Crippen LogP contribution in [0.4, 0.5) is 0 Å². The molecule has 1 atom stereocenters. The van der Waals surface area contributed by atoms with Gasteiger partial charge in [0, 0.05) is 31.6 Å². The van der Waals surface area contributed by atoms with Gasteiger partial charge in [0.2, 0.25) is 0 Å². The molecule has 1 aliphatic rings. The lowest BCUT2D eigenvalue weighted by Gasteiger charge is -2.24. The van der Waals surface area contributed by atoms with Gasteiger partial charge in [-0.25, -0.2) is 0 Å². The smallest absolute Gasteiger partial charge is 0.295 e. The molecule has 0 saturated carbocycles. The third kappa shape index (κ3) is 4.30. The fourth-order valence-electron chi connectivity index (χ4n) is 3.31. The molecule has 0 spiro atoms. The van der Waals surface area contributed by atoms with Crippen LogP contribution in [0.2, 0.25) is 0 Å². The minimum absolute atomic E-state index is 0.0206. The molecular formula is C22H24N2O5. The zero-order chi connectivity index (χ0) is 21.0. The first-order valence-electron chi connectivity index (χ1n) is 9.38. The molecule has 2 heterocycles. The second-order valence-electron chi connectivity index (χ2n) is 6.96. The van der Waals surface area contributed by atoms with Crippen molar-refractivity contribution in [2.45, 2.75) is 26.0 Å². The highest BCUT2D eigenvalue weighted by Gasteiger charge is 2.45. The van der Waals surface area contributed by atoms with Gasteiger partial charge >= 0.3 is 0 Å². The number of pyridine rings is 1. The number of aliphatic hydroxyl groups is 1. The van der Waals surface area contributed by atoms with Gasteiger partial charge in [-0.05, 0) is 55.8 Å². The van der Waals surface area contributed by atoms with Crippen molar-refractivity contribution in [3.8, 4) is 5.75 Å². The molecule has 1 aliphatic heterocycles. The first-order valence-corrected chi connectivity index (χ1v) is 9.38. The van der Waals surface area contributed by atoms with Gasteiger partial charge in [-0.1, -0.05) is 0 Å². The first kappa shape index (κ1) is 20.5. The molecule has 0 radical (unpaired) electrons. The van der Waals surface area contributed by atoms with E-state index in [2.05, 4.69) is 4.98 Å². The number of amides is 1. The maximum absolute atomic E-state index is 12.8. The number of Topliss-reactive ketones (excluding diaryl/α,β-unsaturated/α-hetero) is 1. The summed E-state index contributed by atoms with van der Waals surface area (Å²) in [4.78, 5) is 30.9. The molecule has 152 valence electrons. The Kier molecular flexibility index (Phi) is 6.29. The summed E-state index contributed by atoms with van der Waals surface area (Å²) in [6.45, 7) is 4.34. The van der Waals surface area contributed by atoms with Gasteiger partial charge < -0.3 is 19.5 Å². The van der Waals surface area contributed by atoms with Crippen LogP contribution in [0.3, 0.4) is 0 Å². The summed E-state index contributed by atoms with van der Waals surface area (Å²) in [5.74, 6) is -0.947. The zero-order valence-corrected chi connectivity index (χ0v) is 16.7. The standard InChI is InChI=1S/C22H24N2O5/c1-14(2)29-17-6-4-16(5-7-17)20(25)18-19(15-8-10-23-11-9-15)24(12-13-28-3)22(27)21(18)26/h4-11,14,19,25H,12-13H2,1-3H3/b20-18+. The quantitative estimate of drug-likeness (QED) is 0.440. The van der Waals surface area contributed by atoms with Crippen molar-refractivity contribution < 1.29 is 24.2 Å². The van der Waals surface area contributed by atoms with Crippen LogP contribution in [-0.4, -0.2) is 53.0 Å². The minimum Gasteiger partial charge on any atom is -0.507 e. The number of likely N-dealkylation sites (tertiary alicyclic amines) is 1. The maximum Gasteiger partial charge on any atom is 0.295 e. The Hall–Kier alpha value is -3.19. The minimum atomic E-state index is -0.720. The number of rotatable bonds is 7. The molecule has 1 saturated heterocycles. The Morgan fingerprint density at radius 2 is 1.79 bits per heavy atom. The predicted octanol–water partition coefficient (Wildman–Crippen LogP) is 2.94. The van der Waals surface area contributed by atoms with E-state index in [0.717, 1.165) is 0 Å². The molecule has 1 amide bonds. The summed E-state index contributed by atoms with van der Waals surface area (Å²) in [6, 6.07) is 9.51. The van der Waals surface area contributed by atoms with Gasteiger partial charge in [0.05, 0.1) is 24.3 Å². The van der Waals surface area contributed by atoms with E-state index in [1.165, 1.54) is 12.0 Å². The van der Waals surface area contributed by atoms with Gasteiger partial charge in [-0.15, -0.1) is 0 Å². The third-order valence-corrected chi connectivity index (χ3v) is 4.60. The van der Waals surface area contributed by atoms with Crippen molar-refractivity contribution in [1.82, 2.24) is 9.88 Å². The first-order chi connectivity index (χ1) is 13.9. The third-order valence-electron chi connectivity index (χ3n) is 4.60. The van der Waals surface area contributed by atoms with Crippen molar-refractivity contribution in [2.75, 3.05) is 20.3 Å². The van der Waals surface area contributed by atoms with Crippen LogP contribution in [0.1, 0.15) is 31.0 Å². The number of ketones is 1. The molecule has 2 aromatic rings. The fourth-order valence-corrected chi connectivity index (χ4v) is 3.31. The van der Waals surface area contributed by atoms with Gasteiger partial charge in [0.15, 0.2) is 0 Å². The van der Waals surface area contributed by atoms with Crippen LogP contribution in [-0.2, 0) is 14.3 Å². The monoisotopic (exact) mass is 396 g/mol. The van der Waals surface area contributed by atoms with E-state index >= 15 is 0 Å². The number of carbonyl (C=O) groups is 2. The average Bonchev–Trinajstić information content (AvgIpc) is 2.97. The van der Waals surface area contributed by atoms with E-state index in [4.69, 9.17) is 9.47 Å². The molecular weight excluding hydrogens is 372 g/mol. The average molecular weight is 396 g/mol. The Labute approximate surface area is 169 Å². The van der Waals surface area contributed by atoms with Crippen molar-refractivity contribution in [1.29, 1.82) is 0 Å². The summed E-state index contributed by atoms with van der Waals surface area (Å²) in [5, 5.41) is 10.9. The number of ether oxygens (including phenoxy) is 2. The van der Waals surface area contributed by atoms with Crippen molar-refractivity contribution >= 4 is 17.4 Å². The van der Waals surface area contributed by atoms with Gasteiger partial charge in [-0.2, -0.15) is 0 Å². The summed E-state index contributed by atoms with van der Waals surface area (Å²) >= 11 is 0. The number of methoxy groups -OCH3 is 1. The molecule has 1 aromatic carbocycles. The lowest BCUT2D eigenvalue weighted by atomic mass is 9.96. The predicted molar refractivity (Wildman–Crippen MR) is 107 cm³/mol. The number of nitrogens with zero attached hydrogens (tertiary/aromatic N) is 2. The van der Waals surface area contributed by atoms with E-state index in [0.29, 0.717) is 16.9 Å². The highest BCUT2D eigenvalue weighted by atomic mass is 16.5. The Bertz CT molecular complexity index is 907. The number of benzene rings is 1. The topological polar surface area (TPSA) is 89.0 Å². The second kappa shape index (κ2) is 8.87.